The molecule has 158 valence electrons. The number of carbonyl (C=O) groups excluding carboxylic acids is 1. The first-order chi connectivity index (χ1) is 14.4. The average Bonchev–Trinajstić information content (AvgIpc) is 3.10. The molecule has 2 aromatic carbocycles. The number of nitrogens with zero attached hydrogens (tertiary/aromatic N) is 3. The second kappa shape index (κ2) is 9.86. The topological polar surface area (TPSA) is 78.3 Å². The molecule has 3 aromatic rings. The van der Waals surface area contributed by atoms with Gasteiger partial charge in [0.25, 0.3) is 0 Å². The summed E-state index contributed by atoms with van der Waals surface area (Å²) in [5.41, 5.74) is 0.702. The molecule has 2 unspecified atom stereocenters. The number of nitrogens with one attached hydrogen (secondary N) is 1. The van der Waals surface area contributed by atoms with Crippen molar-refractivity contribution in [2.45, 2.75) is 30.4 Å². The first-order valence-electron chi connectivity index (χ1n) is 9.31. The lowest BCUT2D eigenvalue weighted by Gasteiger charge is -2.16. The Morgan fingerprint density at radius 2 is 1.83 bits per heavy atom. The first kappa shape index (κ1) is 22.0. The SMILES string of the molecule is COc1ccc(NC(=O)C(C)Sc2nnc(C(C)Oc3ccccc3Cl)n2C)cc1. The van der Waals surface area contributed by atoms with E-state index in [1.54, 1.807) is 43.5 Å². The fraction of sp³-hybridized carbons (Fsp3) is 0.286. The second-order valence-electron chi connectivity index (χ2n) is 6.57. The highest BCUT2D eigenvalue weighted by Gasteiger charge is 2.22. The number of rotatable bonds is 8. The predicted molar refractivity (Wildman–Crippen MR) is 118 cm³/mol. The minimum absolute atomic E-state index is 0.130. The summed E-state index contributed by atoms with van der Waals surface area (Å²) in [6.07, 6.45) is -0.361. The third-order valence-electron chi connectivity index (χ3n) is 4.38. The summed E-state index contributed by atoms with van der Waals surface area (Å²) in [7, 11) is 3.44. The van der Waals surface area contributed by atoms with Gasteiger partial charge in [-0.2, -0.15) is 0 Å². The van der Waals surface area contributed by atoms with Crippen LogP contribution < -0.4 is 14.8 Å². The van der Waals surface area contributed by atoms with E-state index in [2.05, 4.69) is 15.5 Å². The minimum Gasteiger partial charge on any atom is -0.497 e. The number of carbonyl (C=O) groups is 1. The fourth-order valence-electron chi connectivity index (χ4n) is 2.70. The van der Waals surface area contributed by atoms with Gasteiger partial charge in [0.05, 0.1) is 17.4 Å². The second-order valence-corrected chi connectivity index (χ2v) is 8.28. The summed E-state index contributed by atoms with van der Waals surface area (Å²) >= 11 is 7.49. The Bertz CT molecular complexity index is 1010. The summed E-state index contributed by atoms with van der Waals surface area (Å²) in [6.45, 7) is 3.70. The number of halogens is 1. The van der Waals surface area contributed by atoms with E-state index in [4.69, 9.17) is 21.1 Å². The molecule has 0 fully saturated rings. The Hall–Kier alpha value is -2.71. The number of thioether (sulfide) groups is 1. The minimum atomic E-state index is -0.373. The van der Waals surface area contributed by atoms with Crippen LogP contribution in [-0.2, 0) is 11.8 Å². The van der Waals surface area contributed by atoms with Crippen molar-refractivity contribution < 1.29 is 14.3 Å². The highest BCUT2D eigenvalue weighted by atomic mass is 35.5. The van der Waals surface area contributed by atoms with E-state index in [1.807, 2.05) is 37.6 Å². The smallest absolute Gasteiger partial charge is 0.237 e. The maximum Gasteiger partial charge on any atom is 0.237 e. The van der Waals surface area contributed by atoms with Gasteiger partial charge >= 0.3 is 0 Å². The molecular weight excluding hydrogens is 424 g/mol. The zero-order valence-corrected chi connectivity index (χ0v) is 18.7. The summed E-state index contributed by atoms with van der Waals surface area (Å²) in [6, 6.07) is 14.4. The van der Waals surface area contributed by atoms with Crippen molar-refractivity contribution in [2.24, 2.45) is 7.05 Å². The third kappa shape index (κ3) is 5.25. The van der Waals surface area contributed by atoms with Gasteiger partial charge in [-0.3, -0.25) is 4.79 Å². The molecule has 0 aliphatic carbocycles. The van der Waals surface area contributed by atoms with E-state index in [9.17, 15) is 4.79 Å². The Morgan fingerprint density at radius 1 is 1.13 bits per heavy atom. The van der Waals surface area contributed by atoms with Crippen LogP contribution in [0.2, 0.25) is 5.02 Å². The van der Waals surface area contributed by atoms with E-state index >= 15 is 0 Å². The molecule has 0 aliphatic rings. The van der Waals surface area contributed by atoms with Crippen molar-refractivity contribution in [3.8, 4) is 11.5 Å². The number of hydrogen-bond acceptors (Lipinski definition) is 6. The first-order valence-corrected chi connectivity index (χ1v) is 10.6. The van der Waals surface area contributed by atoms with E-state index in [1.165, 1.54) is 11.8 Å². The molecule has 2 atom stereocenters. The molecule has 1 N–H and O–H groups in total. The lowest BCUT2D eigenvalue weighted by molar-refractivity contribution is -0.115. The Labute approximate surface area is 184 Å². The lowest BCUT2D eigenvalue weighted by Crippen LogP contribution is -2.22. The Kier molecular flexibility index (Phi) is 7.23. The van der Waals surface area contributed by atoms with Crippen LogP contribution in [0.4, 0.5) is 5.69 Å². The van der Waals surface area contributed by atoms with Crippen LogP contribution in [-0.4, -0.2) is 33.0 Å². The monoisotopic (exact) mass is 446 g/mol. The van der Waals surface area contributed by atoms with Crippen LogP contribution >= 0.6 is 23.4 Å². The van der Waals surface area contributed by atoms with Crippen molar-refractivity contribution in [1.29, 1.82) is 0 Å². The number of methoxy groups -OCH3 is 1. The summed E-state index contributed by atoms with van der Waals surface area (Å²) in [5, 5.41) is 12.1. The molecule has 7 nitrogen and oxygen atoms in total. The molecule has 0 saturated heterocycles. The Morgan fingerprint density at radius 3 is 2.50 bits per heavy atom. The maximum absolute atomic E-state index is 12.5. The quantitative estimate of drug-likeness (QED) is 0.503. The zero-order valence-electron chi connectivity index (χ0n) is 17.1. The molecule has 1 amide bonds. The molecule has 0 radical (unpaired) electrons. The van der Waals surface area contributed by atoms with Gasteiger partial charge in [0.15, 0.2) is 17.1 Å². The van der Waals surface area contributed by atoms with Crippen LogP contribution in [0.25, 0.3) is 0 Å². The fourth-order valence-corrected chi connectivity index (χ4v) is 3.70. The highest BCUT2D eigenvalue weighted by Crippen LogP contribution is 2.30. The largest absolute Gasteiger partial charge is 0.497 e. The number of para-hydroxylation sites is 1. The zero-order chi connectivity index (χ0) is 21.7. The Balaban J connectivity index is 1.63. The van der Waals surface area contributed by atoms with Crippen molar-refractivity contribution in [2.75, 3.05) is 12.4 Å². The average molecular weight is 447 g/mol. The van der Waals surface area contributed by atoms with Gasteiger partial charge in [-0.25, -0.2) is 0 Å². The number of benzene rings is 2. The summed E-state index contributed by atoms with van der Waals surface area (Å²) in [4.78, 5) is 12.5. The number of hydrogen-bond donors (Lipinski definition) is 1. The van der Waals surface area contributed by atoms with Crippen molar-refractivity contribution in [1.82, 2.24) is 14.8 Å². The van der Waals surface area contributed by atoms with Crippen LogP contribution in [0, 0.1) is 0 Å². The molecule has 0 bridgehead atoms. The van der Waals surface area contributed by atoms with E-state index in [-0.39, 0.29) is 17.3 Å². The summed E-state index contributed by atoms with van der Waals surface area (Å²) in [5.74, 6) is 1.82. The van der Waals surface area contributed by atoms with Crippen molar-refractivity contribution >= 4 is 35.0 Å². The lowest BCUT2D eigenvalue weighted by atomic mass is 10.3. The number of ether oxygens (including phenoxy) is 2. The molecule has 1 aromatic heterocycles. The molecule has 30 heavy (non-hydrogen) atoms. The molecule has 0 saturated carbocycles. The van der Waals surface area contributed by atoms with E-state index < -0.39 is 0 Å². The molecule has 0 spiro atoms. The van der Waals surface area contributed by atoms with Gasteiger partial charge in [-0.05, 0) is 50.2 Å². The van der Waals surface area contributed by atoms with Gasteiger partial charge in [0.1, 0.15) is 11.5 Å². The van der Waals surface area contributed by atoms with Gasteiger partial charge in [-0.1, -0.05) is 35.5 Å². The predicted octanol–water partition coefficient (Wildman–Crippen LogP) is 4.74. The van der Waals surface area contributed by atoms with Gasteiger partial charge in [0, 0.05) is 12.7 Å². The molecule has 1 heterocycles. The molecule has 9 heteroatoms. The van der Waals surface area contributed by atoms with E-state index in [0.29, 0.717) is 27.4 Å². The van der Waals surface area contributed by atoms with Crippen molar-refractivity contribution in [3.63, 3.8) is 0 Å². The summed E-state index contributed by atoms with van der Waals surface area (Å²) < 4.78 is 12.9. The molecular formula is C21H23ClN4O3S. The standard InChI is InChI=1S/C21H23ClN4O3S/c1-13(29-18-8-6-5-7-17(18)22)19-24-25-21(26(19)3)30-14(2)20(27)23-15-9-11-16(28-4)12-10-15/h5-14H,1-4H3,(H,23,27). The van der Waals surface area contributed by atoms with Crippen LogP contribution in [0.1, 0.15) is 25.8 Å². The number of amides is 1. The molecule has 0 aliphatic heterocycles. The van der Waals surface area contributed by atoms with Crippen molar-refractivity contribution in [3.05, 3.63) is 59.4 Å². The van der Waals surface area contributed by atoms with Gasteiger partial charge in [-0.15, -0.1) is 10.2 Å². The van der Waals surface area contributed by atoms with E-state index in [0.717, 1.165) is 5.75 Å². The number of anilines is 1. The van der Waals surface area contributed by atoms with Crippen LogP contribution in [0.5, 0.6) is 11.5 Å². The van der Waals surface area contributed by atoms with Gasteiger partial charge < -0.3 is 19.4 Å². The molecule has 3 rings (SSSR count). The highest BCUT2D eigenvalue weighted by molar-refractivity contribution is 8.00. The van der Waals surface area contributed by atoms with Crippen LogP contribution in [0.3, 0.4) is 0 Å². The van der Waals surface area contributed by atoms with Crippen LogP contribution in [0.15, 0.2) is 53.7 Å². The third-order valence-corrected chi connectivity index (χ3v) is 5.83. The number of aromatic nitrogens is 3. The normalized spacial score (nSPS) is 12.8. The van der Waals surface area contributed by atoms with Gasteiger partial charge in [0.2, 0.25) is 5.91 Å². The maximum atomic E-state index is 12.5.